The minimum absolute atomic E-state index is 0.199. The zero-order valence-electron chi connectivity index (χ0n) is 18.8. The minimum Gasteiger partial charge on any atom is -0.497 e. The van der Waals surface area contributed by atoms with E-state index in [4.69, 9.17) is 24.1 Å². The SMILES string of the molecule is CC(=O)O.COC(=O)Nc1cnc(C(=O)c2cccc(OC)c2)c2cc(OC)c(OC)cc12. The number of rotatable bonds is 6. The molecule has 0 spiro atoms. The molecule has 0 bridgehead atoms. The van der Waals surface area contributed by atoms with Crippen molar-refractivity contribution >= 4 is 34.3 Å². The van der Waals surface area contributed by atoms with Crippen LogP contribution in [-0.4, -0.2) is 56.4 Å². The van der Waals surface area contributed by atoms with E-state index in [1.54, 1.807) is 36.4 Å². The molecule has 0 unspecified atom stereocenters. The number of carboxylic acids is 1. The Morgan fingerprint density at radius 3 is 2.06 bits per heavy atom. The van der Waals surface area contributed by atoms with Crippen molar-refractivity contribution in [3.63, 3.8) is 0 Å². The highest BCUT2D eigenvalue weighted by molar-refractivity contribution is 6.17. The molecule has 0 atom stereocenters. The summed E-state index contributed by atoms with van der Waals surface area (Å²) >= 11 is 0. The standard InChI is InChI=1S/C21H20N2O6.C2H4O2/c1-26-13-7-5-6-12(8-13)20(24)19-15-10-18(28-3)17(27-2)9-14(15)16(11-22-19)23-21(25)29-4;1-2(3)4/h5-11H,1-4H3,(H,23,25);1H3,(H,3,4). The normalized spacial score (nSPS) is 9.85. The van der Waals surface area contributed by atoms with Crippen LogP contribution in [0.3, 0.4) is 0 Å². The fourth-order valence-electron chi connectivity index (χ4n) is 2.91. The van der Waals surface area contributed by atoms with Gasteiger partial charge >= 0.3 is 6.09 Å². The number of hydrogen-bond donors (Lipinski definition) is 2. The molecule has 0 aliphatic heterocycles. The van der Waals surface area contributed by atoms with Gasteiger partial charge in [0.2, 0.25) is 5.78 Å². The average Bonchev–Trinajstić information content (AvgIpc) is 2.82. The molecule has 0 aliphatic carbocycles. The summed E-state index contributed by atoms with van der Waals surface area (Å²) in [6.45, 7) is 1.08. The first-order valence-electron chi connectivity index (χ1n) is 9.53. The van der Waals surface area contributed by atoms with Gasteiger partial charge in [0, 0.05) is 23.3 Å². The Bertz CT molecular complexity index is 1170. The van der Waals surface area contributed by atoms with E-state index in [0.29, 0.717) is 39.3 Å². The van der Waals surface area contributed by atoms with Crippen molar-refractivity contribution in [2.75, 3.05) is 33.8 Å². The Morgan fingerprint density at radius 1 is 0.909 bits per heavy atom. The molecule has 3 rings (SSSR count). The zero-order chi connectivity index (χ0) is 24.5. The van der Waals surface area contributed by atoms with E-state index in [9.17, 15) is 9.59 Å². The van der Waals surface area contributed by atoms with Gasteiger partial charge in [-0.15, -0.1) is 0 Å². The van der Waals surface area contributed by atoms with Gasteiger partial charge < -0.3 is 24.1 Å². The van der Waals surface area contributed by atoms with E-state index in [1.165, 1.54) is 34.6 Å². The second kappa shape index (κ2) is 11.3. The van der Waals surface area contributed by atoms with Crippen LogP contribution in [0.4, 0.5) is 10.5 Å². The first-order valence-corrected chi connectivity index (χ1v) is 9.53. The summed E-state index contributed by atoms with van der Waals surface area (Å²) in [6.07, 6.45) is 0.744. The predicted octanol–water partition coefficient (Wildman–Crippen LogP) is 3.76. The number of methoxy groups -OCH3 is 4. The van der Waals surface area contributed by atoms with Crippen LogP contribution < -0.4 is 19.5 Å². The lowest BCUT2D eigenvalue weighted by Crippen LogP contribution is -2.13. The Labute approximate surface area is 190 Å². The highest BCUT2D eigenvalue weighted by Gasteiger charge is 2.20. The third-order valence-corrected chi connectivity index (χ3v) is 4.36. The van der Waals surface area contributed by atoms with Gasteiger partial charge in [-0.05, 0) is 24.3 Å². The number of carbonyl (C=O) groups is 3. The number of carbonyl (C=O) groups excluding carboxylic acids is 2. The lowest BCUT2D eigenvalue weighted by Gasteiger charge is -2.14. The topological polar surface area (TPSA) is 133 Å². The number of carboxylic acid groups (broad SMARTS) is 1. The minimum atomic E-state index is -0.833. The fraction of sp³-hybridized carbons (Fsp3) is 0.217. The van der Waals surface area contributed by atoms with Crippen LogP contribution in [0.25, 0.3) is 10.8 Å². The van der Waals surface area contributed by atoms with Crippen molar-refractivity contribution in [2.45, 2.75) is 6.92 Å². The Hall–Kier alpha value is -4.34. The van der Waals surface area contributed by atoms with Crippen molar-refractivity contribution in [2.24, 2.45) is 0 Å². The third-order valence-electron chi connectivity index (χ3n) is 4.36. The Balaban J connectivity index is 0.000000890. The van der Waals surface area contributed by atoms with Crippen LogP contribution in [0.5, 0.6) is 17.2 Å². The summed E-state index contributed by atoms with van der Waals surface area (Å²) in [5, 5.41) is 11.1. The van der Waals surface area contributed by atoms with Crippen molar-refractivity contribution in [1.29, 1.82) is 0 Å². The maximum absolute atomic E-state index is 13.2. The number of aromatic nitrogens is 1. The number of aliphatic carboxylic acids is 1. The molecule has 2 aromatic carbocycles. The van der Waals surface area contributed by atoms with E-state index in [1.807, 2.05) is 0 Å². The van der Waals surface area contributed by atoms with E-state index < -0.39 is 12.1 Å². The van der Waals surface area contributed by atoms with Crippen LogP contribution in [0.15, 0.2) is 42.6 Å². The maximum atomic E-state index is 13.2. The quantitative estimate of drug-likeness (QED) is 0.532. The molecule has 1 heterocycles. The molecule has 10 nitrogen and oxygen atoms in total. The number of anilines is 1. The molecule has 0 aliphatic rings. The first-order chi connectivity index (χ1) is 15.7. The van der Waals surface area contributed by atoms with Crippen LogP contribution in [0, 0.1) is 0 Å². The molecule has 0 fully saturated rings. The van der Waals surface area contributed by atoms with Gasteiger partial charge in [0.05, 0.1) is 40.3 Å². The molecule has 3 aromatic rings. The van der Waals surface area contributed by atoms with Crippen molar-refractivity contribution in [1.82, 2.24) is 4.98 Å². The van der Waals surface area contributed by atoms with Crippen LogP contribution in [0.2, 0.25) is 0 Å². The highest BCUT2D eigenvalue weighted by Crippen LogP contribution is 2.37. The van der Waals surface area contributed by atoms with E-state index in [2.05, 4.69) is 15.0 Å². The molecule has 0 radical (unpaired) electrons. The van der Waals surface area contributed by atoms with Gasteiger partial charge in [-0.3, -0.25) is 14.9 Å². The van der Waals surface area contributed by atoms with E-state index >= 15 is 0 Å². The summed E-state index contributed by atoms with van der Waals surface area (Å²) in [6, 6.07) is 10.1. The molecule has 1 aromatic heterocycles. The van der Waals surface area contributed by atoms with Crippen LogP contribution in [-0.2, 0) is 9.53 Å². The van der Waals surface area contributed by atoms with Gasteiger partial charge in [-0.1, -0.05) is 12.1 Å². The highest BCUT2D eigenvalue weighted by atomic mass is 16.5. The summed E-state index contributed by atoms with van der Waals surface area (Å²) in [5.41, 5.74) is 0.987. The maximum Gasteiger partial charge on any atom is 0.411 e. The van der Waals surface area contributed by atoms with Gasteiger partial charge in [-0.2, -0.15) is 0 Å². The number of fused-ring (bicyclic) bond motifs is 1. The zero-order valence-corrected chi connectivity index (χ0v) is 18.8. The third kappa shape index (κ3) is 6.10. The second-order valence-corrected chi connectivity index (χ2v) is 6.47. The van der Waals surface area contributed by atoms with Gasteiger partial charge in [0.15, 0.2) is 11.5 Å². The van der Waals surface area contributed by atoms with Crippen molar-refractivity contribution < 1.29 is 38.4 Å². The Morgan fingerprint density at radius 2 is 1.52 bits per heavy atom. The monoisotopic (exact) mass is 456 g/mol. The predicted molar refractivity (Wildman–Crippen MR) is 121 cm³/mol. The number of ether oxygens (including phenoxy) is 4. The van der Waals surface area contributed by atoms with E-state index in [-0.39, 0.29) is 11.5 Å². The molecule has 0 saturated carbocycles. The molecule has 174 valence electrons. The van der Waals surface area contributed by atoms with Crippen LogP contribution in [0.1, 0.15) is 23.0 Å². The van der Waals surface area contributed by atoms with Crippen LogP contribution >= 0.6 is 0 Å². The molecular weight excluding hydrogens is 432 g/mol. The molecular formula is C23H24N2O8. The van der Waals surface area contributed by atoms with Gasteiger partial charge in [0.1, 0.15) is 11.4 Å². The number of benzene rings is 2. The van der Waals surface area contributed by atoms with Gasteiger partial charge in [-0.25, -0.2) is 9.78 Å². The first kappa shape index (κ1) is 24.9. The number of pyridine rings is 1. The summed E-state index contributed by atoms with van der Waals surface area (Å²) in [5.74, 6) is 0.296. The average molecular weight is 456 g/mol. The van der Waals surface area contributed by atoms with E-state index in [0.717, 1.165) is 6.92 Å². The van der Waals surface area contributed by atoms with Crippen molar-refractivity contribution in [3.05, 3.63) is 53.9 Å². The summed E-state index contributed by atoms with van der Waals surface area (Å²) in [4.78, 5) is 38.2. The largest absolute Gasteiger partial charge is 0.497 e. The Kier molecular flexibility index (Phi) is 8.56. The fourth-order valence-corrected chi connectivity index (χ4v) is 2.91. The lowest BCUT2D eigenvalue weighted by atomic mass is 10.0. The number of nitrogens with one attached hydrogen (secondary N) is 1. The summed E-state index contributed by atoms with van der Waals surface area (Å²) < 4.78 is 20.6. The second-order valence-electron chi connectivity index (χ2n) is 6.47. The smallest absolute Gasteiger partial charge is 0.411 e. The molecule has 33 heavy (non-hydrogen) atoms. The lowest BCUT2D eigenvalue weighted by molar-refractivity contribution is -0.134. The molecule has 10 heteroatoms. The number of amides is 1. The summed E-state index contributed by atoms with van der Waals surface area (Å²) in [7, 11) is 5.79. The molecule has 0 saturated heterocycles. The number of hydrogen-bond acceptors (Lipinski definition) is 8. The number of nitrogens with zero attached hydrogens (tertiary/aromatic N) is 1. The van der Waals surface area contributed by atoms with Gasteiger partial charge in [0.25, 0.3) is 5.97 Å². The molecule has 1 amide bonds. The number of ketones is 1. The molecule has 2 N–H and O–H groups in total. The van der Waals surface area contributed by atoms with Crippen molar-refractivity contribution in [3.8, 4) is 17.2 Å².